The first kappa shape index (κ1) is 15.7. The molecule has 0 heterocycles. The van der Waals surface area contributed by atoms with Gasteiger partial charge >= 0.3 is 0 Å². The van der Waals surface area contributed by atoms with Gasteiger partial charge in [-0.3, -0.25) is 4.79 Å². The Morgan fingerprint density at radius 3 is 2.58 bits per heavy atom. The Morgan fingerprint density at radius 2 is 2.00 bits per heavy atom. The monoisotopic (exact) mass is 264 g/mol. The number of amides is 1. The number of nitrogens with two attached hydrogens (primary N) is 1. The van der Waals surface area contributed by atoms with Crippen LogP contribution in [0.3, 0.4) is 0 Å². The Labute approximate surface area is 115 Å². The van der Waals surface area contributed by atoms with Crippen molar-refractivity contribution in [3.05, 3.63) is 35.9 Å². The molecule has 0 aromatic heterocycles. The molecule has 0 aliphatic rings. The molecule has 1 aromatic carbocycles. The molecule has 106 valence electrons. The molecule has 1 aromatic rings. The van der Waals surface area contributed by atoms with E-state index in [-0.39, 0.29) is 11.9 Å². The quantitative estimate of drug-likeness (QED) is 0.766. The molecule has 0 fully saturated rings. The molecule has 1 rings (SSSR count). The van der Waals surface area contributed by atoms with E-state index in [1.54, 1.807) is 19.1 Å². The van der Waals surface area contributed by atoms with E-state index in [9.17, 15) is 4.79 Å². The highest BCUT2D eigenvalue weighted by molar-refractivity contribution is 5.81. The molecule has 0 saturated heterocycles. The molecular weight excluding hydrogens is 240 g/mol. The predicted molar refractivity (Wildman–Crippen MR) is 76.7 cm³/mol. The first-order valence-electron chi connectivity index (χ1n) is 6.64. The van der Waals surface area contributed by atoms with Gasteiger partial charge in [-0.05, 0) is 25.3 Å². The van der Waals surface area contributed by atoms with Crippen molar-refractivity contribution in [2.75, 3.05) is 20.8 Å². The van der Waals surface area contributed by atoms with Gasteiger partial charge in [0.05, 0.1) is 12.1 Å². The lowest BCUT2D eigenvalue weighted by molar-refractivity contribution is -0.133. The number of hydrogen-bond acceptors (Lipinski definition) is 3. The van der Waals surface area contributed by atoms with Gasteiger partial charge in [0.15, 0.2) is 0 Å². The molecule has 0 aliphatic carbocycles. The van der Waals surface area contributed by atoms with Crippen molar-refractivity contribution in [3.8, 4) is 0 Å². The van der Waals surface area contributed by atoms with Crippen molar-refractivity contribution < 1.29 is 9.53 Å². The lowest BCUT2D eigenvalue weighted by atomic mass is 10.1. The molecule has 0 radical (unpaired) electrons. The summed E-state index contributed by atoms with van der Waals surface area (Å²) in [6.07, 6.45) is 1.45. The van der Waals surface area contributed by atoms with E-state index in [0.717, 1.165) is 12.0 Å². The summed E-state index contributed by atoms with van der Waals surface area (Å²) in [5, 5.41) is 0. The lowest BCUT2D eigenvalue weighted by Gasteiger charge is -2.28. The van der Waals surface area contributed by atoms with E-state index in [1.165, 1.54) is 0 Å². The second-order valence-corrected chi connectivity index (χ2v) is 4.78. The molecule has 1 amide bonds. The van der Waals surface area contributed by atoms with E-state index in [1.807, 2.05) is 37.3 Å². The van der Waals surface area contributed by atoms with Gasteiger partial charge in [-0.1, -0.05) is 30.3 Å². The standard InChI is InChI=1S/C15H24N2O2/c1-12(13-8-5-4-6-9-13)17(2)15(18)14(16)10-7-11-19-3/h4-6,8-9,12,14H,7,10-11,16H2,1-3H3. The summed E-state index contributed by atoms with van der Waals surface area (Å²) in [6.45, 7) is 2.65. The second kappa shape index (κ2) is 7.92. The first-order chi connectivity index (χ1) is 9.07. The molecule has 2 atom stereocenters. The summed E-state index contributed by atoms with van der Waals surface area (Å²) >= 11 is 0. The zero-order chi connectivity index (χ0) is 14.3. The van der Waals surface area contributed by atoms with Crippen molar-refractivity contribution >= 4 is 5.91 Å². The van der Waals surface area contributed by atoms with Crippen LogP contribution in [0.5, 0.6) is 0 Å². The largest absolute Gasteiger partial charge is 0.385 e. The fraction of sp³-hybridized carbons (Fsp3) is 0.533. The first-order valence-corrected chi connectivity index (χ1v) is 6.64. The van der Waals surface area contributed by atoms with Gasteiger partial charge in [-0.2, -0.15) is 0 Å². The minimum absolute atomic E-state index is 0.0209. The Kier molecular flexibility index (Phi) is 6.53. The smallest absolute Gasteiger partial charge is 0.239 e. The maximum absolute atomic E-state index is 12.2. The molecule has 19 heavy (non-hydrogen) atoms. The molecular formula is C15H24N2O2. The van der Waals surface area contributed by atoms with Gasteiger partial charge in [-0.25, -0.2) is 0 Å². The van der Waals surface area contributed by atoms with Crippen molar-refractivity contribution in [2.24, 2.45) is 5.73 Å². The maximum Gasteiger partial charge on any atom is 0.239 e. The van der Waals surface area contributed by atoms with Gasteiger partial charge in [-0.15, -0.1) is 0 Å². The summed E-state index contributed by atoms with van der Waals surface area (Å²) in [6, 6.07) is 9.53. The average Bonchev–Trinajstić information content (AvgIpc) is 2.46. The topological polar surface area (TPSA) is 55.6 Å². The highest BCUT2D eigenvalue weighted by atomic mass is 16.5. The number of methoxy groups -OCH3 is 1. The highest BCUT2D eigenvalue weighted by Gasteiger charge is 2.22. The third-order valence-corrected chi connectivity index (χ3v) is 3.39. The fourth-order valence-corrected chi connectivity index (χ4v) is 1.98. The molecule has 2 unspecified atom stereocenters. The summed E-state index contributed by atoms with van der Waals surface area (Å²) in [5.74, 6) is -0.0209. The second-order valence-electron chi connectivity index (χ2n) is 4.78. The van der Waals surface area contributed by atoms with Crippen molar-refractivity contribution in [2.45, 2.75) is 31.8 Å². The van der Waals surface area contributed by atoms with E-state index in [2.05, 4.69) is 0 Å². The zero-order valence-corrected chi connectivity index (χ0v) is 12.0. The number of ether oxygens (including phenoxy) is 1. The Hall–Kier alpha value is -1.39. The molecule has 2 N–H and O–H groups in total. The predicted octanol–water partition coefficient (Wildman–Crippen LogP) is 1.96. The Balaban J connectivity index is 2.56. The van der Waals surface area contributed by atoms with Gasteiger partial charge in [0.2, 0.25) is 5.91 Å². The van der Waals surface area contributed by atoms with Crippen LogP contribution in [0.25, 0.3) is 0 Å². The molecule has 0 bridgehead atoms. The minimum Gasteiger partial charge on any atom is -0.385 e. The molecule has 4 nitrogen and oxygen atoms in total. The number of carbonyl (C=O) groups is 1. The van der Waals surface area contributed by atoms with Crippen LogP contribution in [0.1, 0.15) is 31.4 Å². The van der Waals surface area contributed by atoms with Crippen LogP contribution in [0, 0.1) is 0 Å². The van der Waals surface area contributed by atoms with Crippen molar-refractivity contribution in [3.63, 3.8) is 0 Å². The number of rotatable bonds is 7. The van der Waals surface area contributed by atoms with E-state index < -0.39 is 6.04 Å². The summed E-state index contributed by atoms with van der Waals surface area (Å²) in [7, 11) is 3.45. The summed E-state index contributed by atoms with van der Waals surface area (Å²) < 4.78 is 4.97. The van der Waals surface area contributed by atoms with Crippen LogP contribution in [0.4, 0.5) is 0 Å². The maximum atomic E-state index is 12.2. The van der Waals surface area contributed by atoms with Crippen LogP contribution < -0.4 is 5.73 Å². The third kappa shape index (κ3) is 4.65. The number of likely N-dealkylation sites (N-methyl/N-ethyl adjacent to an activating group) is 1. The third-order valence-electron chi connectivity index (χ3n) is 3.39. The SMILES string of the molecule is COCCCC(N)C(=O)N(C)C(C)c1ccccc1. The molecule has 4 heteroatoms. The number of benzene rings is 1. The number of carbonyl (C=O) groups excluding carboxylic acids is 1. The van der Waals surface area contributed by atoms with E-state index in [0.29, 0.717) is 13.0 Å². The average molecular weight is 264 g/mol. The van der Waals surface area contributed by atoms with Gasteiger partial charge in [0.25, 0.3) is 0 Å². The summed E-state index contributed by atoms with van der Waals surface area (Å²) in [4.78, 5) is 13.9. The highest BCUT2D eigenvalue weighted by Crippen LogP contribution is 2.19. The fourth-order valence-electron chi connectivity index (χ4n) is 1.98. The van der Waals surface area contributed by atoms with E-state index >= 15 is 0 Å². The summed E-state index contributed by atoms with van der Waals surface area (Å²) in [5.41, 5.74) is 7.04. The lowest BCUT2D eigenvalue weighted by Crippen LogP contribution is -2.42. The van der Waals surface area contributed by atoms with Crippen molar-refractivity contribution in [1.82, 2.24) is 4.90 Å². The Morgan fingerprint density at radius 1 is 1.37 bits per heavy atom. The van der Waals surface area contributed by atoms with Crippen LogP contribution >= 0.6 is 0 Å². The van der Waals surface area contributed by atoms with E-state index in [4.69, 9.17) is 10.5 Å². The Bertz CT molecular complexity index is 381. The number of nitrogens with zero attached hydrogens (tertiary/aromatic N) is 1. The molecule has 0 saturated carbocycles. The van der Waals surface area contributed by atoms with Gasteiger partial charge in [0, 0.05) is 20.8 Å². The van der Waals surface area contributed by atoms with Crippen LogP contribution in [-0.2, 0) is 9.53 Å². The zero-order valence-electron chi connectivity index (χ0n) is 12.0. The molecule has 0 aliphatic heterocycles. The normalized spacial score (nSPS) is 13.9. The molecule has 0 spiro atoms. The van der Waals surface area contributed by atoms with Gasteiger partial charge < -0.3 is 15.4 Å². The number of hydrogen-bond donors (Lipinski definition) is 1. The van der Waals surface area contributed by atoms with Crippen LogP contribution in [0.15, 0.2) is 30.3 Å². The van der Waals surface area contributed by atoms with Crippen LogP contribution in [-0.4, -0.2) is 37.6 Å². The van der Waals surface area contributed by atoms with Gasteiger partial charge in [0.1, 0.15) is 0 Å². The minimum atomic E-state index is -0.452. The van der Waals surface area contributed by atoms with Crippen LogP contribution in [0.2, 0.25) is 0 Å². The van der Waals surface area contributed by atoms with Crippen molar-refractivity contribution in [1.29, 1.82) is 0 Å².